The van der Waals surface area contributed by atoms with E-state index in [2.05, 4.69) is 15.4 Å². The van der Waals surface area contributed by atoms with Gasteiger partial charge < -0.3 is 5.32 Å². The van der Waals surface area contributed by atoms with Gasteiger partial charge in [0.1, 0.15) is 5.82 Å². The number of rotatable bonds is 4. The van der Waals surface area contributed by atoms with Crippen LogP contribution in [0.4, 0.5) is 5.82 Å². The largest absolute Gasteiger partial charge is 0.310 e. The number of carbonyl (C=O) groups is 1. The highest BCUT2D eigenvalue weighted by Crippen LogP contribution is 2.31. The number of piperidine rings is 1. The number of aromatic nitrogens is 3. The molecule has 3 aromatic rings. The Hall–Kier alpha value is -2.78. The molecule has 1 aliphatic heterocycles. The van der Waals surface area contributed by atoms with Crippen molar-refractivity contribution in [3.63, 3.8) is 0 Å². The predicted molar refractivity (Wildman–Crippen MR) is 118 cm³/mol. The maximum atomic E-state index is 13.4. The fourth-order valence-corrected chi connectivity index (χ4v) is 6.26. The number of amides is 1. The van der Waals surface area contributed by atoms with Gasteiger partial charge in [0.2, 0.25) is 15.9 Å². The Morgan fingerprint density at radius 1 is 1.03 bits per heavy atom. The summed E-state index contributed by atoms with van der Waals surface area (Å²) in [5.41, 5.74) is 4.18. The number of hydrogen-bond acceptors (Lipinski definition) is 5. The van der Waals surface area contributed by atoms with E-state index < -0.39 is 10.0 Å². The minimum atomic E-state index is -3.62. The topological polar surface area (TPSA) is 96.7 Å². The summed E-state index contributed by atoms with van der Waals surface area (Å²) in [5, 5.41) is 7.09. The smallest absolute Gasteiger partial charge is 0.243 e. The Morgan fingerprint density at radius 2 is 1.68 bits per heavy atom. The molecule has 0 aliphatic carbocycles. The Labute approximate surface area is 182 Å². The Morgan fingerprint density at radius 3 is 2.32 bits per heavy atom. The molecule has 2 aromatic heterocycles. The van der Waals surface area contributed by atoms with Crippen LogP contribution in [0.5, 0.6) is 0 Å². The summed E-state index contributed by atoms with van der Waals surface area (Å²) in [6.07, 6.45) is 4.19. The number of carbonyl (C=O) groups excluding carboxylic acids is 1. The summed E-state index contributed by atoms with van der Waals surface area (Å²) in [6, 6.07) is 5.48. The molecule has 1 fully saturated rings. The van der Waals surface area contributed by atoms with E-state index in [1.165, 1.54) is 4.31 Å². The van der Waals surface area contributed by atoms with Crippen molar-refractivity contribution in [2.45, 2.75) is 45.4 Å². The third-order valence-corrected chi connectivity index (χ3v) is 8.43. The summed E-state index contributed by atoms with van der Waals surface area (Å²) < 4.78 is 29.9. The molecular weight excluding hydrogens is 414 g/mol. The molecule has 1 aromatic carbocycles. The van der Waals surface area contributed by atoms with E-state index in [0.717, 1.165) is 22.3 Å². The molecule has 4 rings (SSSR count). The minimum Gasteiger partial charge on any atom is -0.310 e. The van der Waals surface area contributed by atoms with Gasteiger partial charge in [-0.3, -0.25) is 4.79 Å². The van der Waals surface area contributed by atoms with Gasteiger partial charge in [-0.25, -0.2) is 13.4 Å². The van der Waals surface area contributed by atoms with Crippen molar-refractivity contribution < 1.29 is 13.2 Å². The van der Waals surface area contributed by atoms with E-state index in [0.29, 0.717) is 42.3 Å². The molecule has 0 bridgehead atoms. The molecule has 1 aliphatic rings. The summed E-state index contributed by atoms with van der Waals surface area (Å²) >= 11 is 0. The highest BCUT2D eigenvalue weighted by molar-refractivity contribution is 7.89. The number of benzene rings is 1. The standard InChI is InChI=1S/C22H27N5O3S/c1-14-13-15(2)17(4)21(16(14)3)31(29,30)26-11-7-18(8-12-26)22(28)25-20-5-9-23-19-6-10-24-27(19)20/h5-6,9-10,13,18H,7-8,11-12H2,1-4H3,(H,25,28). The minimum absolute atomic E-state index is 0.126. The van der Waals surface area contributed by atoms with Crippen molar-refractivity contribution >= 4 is 27.4 Å². The summed E-state index contributed by atoms with van der Waals surface area (Å²) in [7, 11) is -3.62. The van der Waals surface area contributed by atoms with Crippen LogP contribution >= 0.6 is 0 Å². The first kappa shape index (κ1) is 21.5. The number of nitrogens with zero attached hydrogens (tertiary/aromatic N) is 4. The second-order valence-electron chi connectivity index (χ2n) is 8.19. The molecule has 9 heteroatoms. The lowest BCUT2D eigenvalue weighted by Gasteiger charge is -2.31. The zero-order valence-electron chi connectivity index (χ0n) is 18.2. The van der Waals surface area contributed by atoms with Gasteiger partial charge in [0, 0.05) is 31.3 Å². The number of hydrogen-bond donors (Lipinski definition) is 1. The van der Waals surface area contributed by atoms with Crippen LogP contribution in [0, 0.1) is 33.6 Å². The molecule has 0 unspecified atom stereocenters. The second-order valence-corrected chi connectivity index (χ2v) is 10.1. The molecule has 31 heavy (non-hydrogen) atoms. The summed E-state index contributed by atoms with van der Waals surface area (Å²) in [4.78, 5) is 17.4. The summed E-state index contributed by atoms with van der Waals surface area (Å²) in [5.74, 6) is 0.169. The van der Waals surface area contributed by atoms with Gasteiger partial charge in [-0.15, -0.1) is 0 Å². The zero-order chi connectivity index (χ0) is 22.3. The number of fused-ring (bicyclic) bond motifs is 1. The van der Waals surface area contributed by atoms with Gasteiger partial charge in [-0.2, -0.15) is 13.9 Å². The van der Waals surface area contributed by atoms with Gasteiger partial charge in [0.05, 0.1) is 11.1 Å². The Kier molecular flexibility index (Phi) is 5.57. The van der Waals surface area contributed by atoms with E-state index >= 15 is 0 Å². The number of anilines is 1. The monoisotopic (exact) mass is 441 g/mol. The number of aryl methyl sites for hydroxylation is 2. The maximum absolute atomic E-state index is 13.4. The lowest BCUT2D eigenvalue weighted by Crippen LogP contribution is -2.42. The van der Waals surface area contributed by atoms with Crippen LogP contribution in [0.15, 0.2) is 35.5 Å². The second kappa shape index (κ2) is 8.05. The molecule has 1 saturated heterocycles. The number of nitrogens with one attached hydrogen (secondary N) is 1. The summed E-state index contributed by atoms with van der Waals surface area (Å²) in [6.45, 7) is 8.24. The van der Waals surface area contributed by atoms with Crippen LogP contribution in [0.1, 0.15) is 35.1 Å². The molecule has 0 spiro atoms. The molecule has 8 nitrogen and oxygen atoms in total. The van der Waals surface area contributed by atoms with Crippen LogP contribution < -0.4 is 5.32 Å². The van der Waals surface area contributed by atoms with Crippen molar-refractivity contribution in [1.82, 2.24) is 18.9 Å². The maximum Gasteiger partial charge on any atom is 0.243 e. The molecule has 1 amide bonds. The third-order valence-electron chi connectivity index (χ3n) is 6.26. The normalized spacial score (nSPS) is 16.0. The van der Waals surface area contributed by atoms with Crippen molar-refractivity contribution in [2.24, 2.45) is 5.92 Å². The first-order valence-electron chi connectivity index (χ1n) is 10.4. The van der Waals surface area contributed by atoms with Gasteiger partial charge in [0.25, 0.3) is 0 Å². The van der Waals surface area contributed by atoms with Crippen molar-refractivity contribution in [2.75, 3.05) is 18.4 Å². The predicted octanol–water partition coefficient (Wildman–Crippen LogP) is 3.00. The fourth-order valence-electron chi connectivity index (χ4n) is 4.21. The van der Waals surface area contributed by atoms with E-state index in [-0.39, 0.29) is 11.8 Å². The highest BCUT2D eigenvalue weighted by Gasteiger charge is 2.34. The Bertz CT molecular complexity index is 1230. The lowest BCUT2D eigenvalue weighted by atomic mass is 9.97. The van der Waals surface area contributed by atoms with Crippen LogP contribution in [-0.4, -0.2) is 46.3 Å². The molecule has 164 valence electrons. The molecule has 0 atom stereocenters. The van der Waals surface area contributed by atoms with Gasteiger partial charge >= 0.3 is 0 Å². The fraction of sp³-hybridized carbons (Fsp3) is 0.409. The van der Waals surface area contributed by atoms with Crippen LogP contribution in [0.3, 0.4) is 0 Å². The van der Waals surface area contributed by atoms with Crippen LogP contribution in [0.2, 0.25) is 0 Å². The molecule has 3 heterocycles. The Balaban J connectivity index is 1.49. The number of sulfonamides is 1. The SMILES string of the molecule is Cc1cc(C)c(C)c(S(=O)(=O)N2CCC(C(=O)Nc3ccnc4ccnn34)CC2)c1C. The first-order chi connectivity index (χ1) is 14.7. The average Bonchev–Trinajstić information content (AvgIpc) is 3.22. The highest BCUT2D eigenvalue weighted by atomic mass is 32.2. The first-order valence-corrected chi connectivity index (χ1v) is 11.8. The van der Waals surface area contributed by atoms with E-state index in [1.54, 1.807) is 29.0 Å². The van der Waals surface area contributed by atoms with Crippen molar-refractivity contribution in [3.05, 3.63) is 52.8 Å². The van der Waals surface area contributed by atoms with E-state index in [9.17, 15) is 13.2 Å². The molecule has 0 saturated carbocycles. The van der Waals surface area contributed by atoms with Crippen LogP contribution in [-0.2, 0) is 14.8 Å². The van der Waals surface area contributed by atoms with Gasteiger partial charge in [-0.1, -0.05) is 6.07 Å². The molecule has 1 N–H and O–H groups in total. The quantitative estimate of drug-likeness (QED) is 0.671. The zero-order valence-corrected chi connectivity index (χ0v) is 19.0. The van der Waals surface area contributed by atoms with Crippen LogP contribution in [0.25, 0.3) is 5.65 Å². The van der Waals surface area contributed by atoms with Crippen molar-refractivity contribution in [3.8, 4) is 0 Å². The molecule has 0 radical (unpaired) electrons. The van der Waals surface area contributed by atoms with E-state index in [1.807, 2.05) is 33.8 Å². The third kappa shape index (κ3) is 3.83. The van der Waals surface area contributed by atoms with Crippen molar-refractivity contribution in [1.29, 1.82) is 0 Å². The average molecular weight is 442 g/mol. The lowest BCUT2D eigenvalue weighted by molar-refractivity contribution is -0.120. The van der Waals surface area contributed by atoms with Gasteiger partial charge in [0.15, 0.2) is 5.65 Å². The van der Waals surface area contributed by atoms with Gasteiger partial charge in [-0.05, 0) is 68.9 Å². The molecular formula is C22H27N5O3S. The van der Waals surface area contributed by atoms with E-state index in [4.69, 9.17) is 0 Å².